The zero-order chi connectivity index (χ0) is 17.4. The van der Waals surface area contributed by atoms with Crippen molar-refractivity contribution in [2.45, 2.75) is 13.8 Å². The minimum absolute atomic E-state index is 0.0863. The standard InChI is InChI=1S/C17H13ClN2O3S/c1-9-3-4-11(7-13(9)18)20-16(22)12(15(21)19-17(20)23)8-14-10(2)5-6-24-14/h3-8H,1-2H3,(H,19,21,23)/b12-8-. The maximum Gasteiger partial charge on any atom is 0.335 e. The molecule has 3 rings (SSSR count). The predicted octanol–water partition coefficient (Wildman–Crippen LogP) is 3.68. The van der Waals surface area contributed by atoms with Crippen LogP contribution in [0.1, 0.15) is 16.0 Å². The van der Waals surface area contributed by atoms with E-state index in [-0.39, 0.29) is 5.57 Å². The number of nitrogens with zero attached hydrogens (tertiary/aromatic N) is 1. The van der Waals surface area contributed by atoms with Gasteiger partial charge in [-0.2, -0.15) is 0 Å². The molecular weight excluding hydrogens is 348 g/mol. The average molecular weight is 361 g/mol. The number of anilines is 1. The van der Waals surface area contributed by atoms with E-state index >= 15 is 0 Å². The van der Waals surface area contributed by atoms with Crippen LogP contribution in [0.15, 0.2) is 35.2 Å². The summed E-state index contributed by atoms with van der Waals surface area (Å²) in [5.74, 6) is -1.37. The molecule has 0 saturated carbocycles. The van der Waals surface area contributed by atoms with Crippen LogP contribution in [0, 0.1) is 13.8 Å². The van der Waals surface area contributed by atoms with E-state index in [1.54, 1.807) is 12.1 Å². The van der Waals surface area contributed by atoms with Crippen molar-refractivity contribution >= 4 is 52.5 Å². The second kappa shape index (κ2) is 6.22. The third-order valence-corrected chi connectivity index (χ3v) is 5.07. The van der Waals surface area contributed by atoms with Crippen LogP contribution in [0.25, 0.3) is 6.08 Å². The molecule has 0 spiro atoms. The molecule has 1 N–H and O–H groups in total. The van der Waals surface area contributed by atoms with Gasteiger partial charge in [0.2, 0.25) is 0 Å². The van der Waals surface area contributed by atoms with Gasteiger partial charge >= 0.3 is 6.03 Å². The normalized spacial score (nSPS) is 16.7. The monoisotopic (exact) mass is 360 g/mol. The van der Waals surface area contributed by atoms with Gasteiger partial charge in [-0.1, -0.05) is 17.7 Å². The summed E-state index contributed by atoms with van der Waals surface area (Å²) in [4.78, 5) is 38.6. The number of urea groups is 1. The predicted molar refractivity (Wildman–Crippen MR) is 94.2 cm³/mol. The van der Waals surface area contributed by atoms with Crippen molar-refractivity contribution in [3.05, 3.63) is 56.2 Å². The Hall–Kier alpha value is -2.44. The van der Waals surface area contributed by atoms with E-state index in [4.69, 9.17) is 11.6 Å². The van der Waals surface area contributed by atoms with Crippen LogP contribution >= 0.6 is 22.9 Å². The van der Waals surface area contributed by atoms with Gasteiger partial charge in [0, 0.05) is 9.90 Å². The highest BCUT2D eigenvalue weighted by Gasteiger charge is 2.37. The van der Waals surface area contributed by atoms with E-state index in [1.165, 1.54) is 23.5 Å². The molecule has 1 aromatic heterocycles. The maximum absolute atomic E-state index is 12.7. The highest BCUT2D eigenvalue weighted by atomic mass is 35.5. The number of barbiturate groups is 1. The van der Waals surface area contributed by atoms with Crippen LogP contribution in [0.2, 0.25) is 5.02 Å². The molecule has 2 aromatic rings. The first-order valence-electron chi connectivity index (χ1n) is 7.10. The van der Waals surface area contributed by atoms with E-state index < -0.39 is 17.8 Å². The third kappa shape index (κ3) is 2.86. The summed E-state index contributed by atoms with van der Waals surface area (Å²) in [7, 11) is 0. The summed E-state index contributed by atoms with van der Waals surface area (Å²) in [6, 6.07) is 5.96. The molecule has 1 aliphatic rings. The molecule has 1 aliphatic heterocycles. The Bertz CT molecular complexity index is 901. The summed E-state index contributed by atoms with van der Waals surface area (Å²) >= 11 is 7.50. The molecule has 5 nitrogen and oxygen atoms in total. The third-order valence-electron chi connectivity index (χ3n) is 3.69. The Kier molecular flexibility index (Phi) is 4.26. The number of halogens is 1. The second-order valence-electron chi connectivity index (χ2n) is 5.36. The number of nitrogens with one attached hydrogen (secondary N) is 1. The van der Waals surface area contributed by atoms with Crippen molar-refractivity contribution in [3.63, 3.8) is 0 Å². The maximum atomic E-state index is 12.7. The zero-order valence-corrected chi connectivity index (χ0v) is 14.5. The van der Waals surface area contributed by atoms with E-state index in [0.717, 1.165) is 20.9 Å². The van der Waals surface area contributed by atoms with Gasteiger partial charge in [-0.3, -0.25) is 14.9 Å². The number of benzene rings is 1. The van der Waals surface area contributed by atoms with Gasteiger partial charge in [-0.25, -0.2) is 9.69 Å². The van der Waals surface area contributed by atoms with Crippen LogP contribution in [0.5, 0.6) is 0 Å². The quantitative estimate of drug-likeness (QED) is 0.656. The number of thiophene rings is 1. The first-order valence-corrected chi connectivity index (χ1v) is 8.36. The number of carbonyl (C=O) groups excluding carboxylic acids is 3. The summed E-state index contributed by atoms with van der Waals surface area (Å²) in [5, 5.41) is 4.50. The van der Waals surface area contributed by atoms with Crippen LogP contribution < -0.4 is 10.2 Å². The van der Waals surface area contributed by atoms with Crippen molar-refractivity contribution in [2.24, 2.45) is 0 Å². The van der Waals surface area contributed by atoms with Crippen molar-refractivity contribution in [1.82, 2.24) is 5.32 Å². The molecule has 7 heteroatoms. The Balaban J connectivity index is 2.04. The number of hydrogen-bond acceptors (Lipinski definition) is 4. The lowest BCUT2D eigenvalue weighted by Crippen LogP contribution is -2.54. The molecule has 4 amide bonds. The fourth-order valence-electron chi connectivity index (χ4n) is 2.28. The Labute approximate surface area is 147 Å². The molecule has 1 fully saturated rings. The fourth-order valence-corrected chi connectivity index (χ4v) is 3.31. The first-order chi connectivity index (χ1) is 11.4. The summed E-state index contributed by atoms with van der Waals surface area (Å²) in [6.07, 6.45) is 1.51. The van der Waals surface area contributed by atoms with Crippen LogP contribution in [-0.4, -0.2) is 17.8 Å². The number of imide groups is 2. The second-order valence-corrected chi connectivity index (χ2v) is 6.71. The molecule has 24 heavy (non-hydrogen) atoms. The molecule has 1 saturated heterocycles. The van der Waals surface area contributed by atoms with E-state index in [2.05, 4.69) is 5.32 Å². The summed E-state index contributed by atoms with van der Waals surface area (Å²) in [5.41, 5.74) is 2.01. The summed E-state index contributed by atoms with van der Waals surface area (Å²) in [6.45, 7) is 3.70. The van der Waals surface area contributed by atoms with Gasteiger partial charge < -0.3 is 0 Å². The van der Waals surface area contributed by atoms with Gasteiger partial charge in [0.25, 0.3) is 11.8 Å². The molecule has 0 unspecified atom stereocenters. The number of hydrogen-bond donors (Lipinski definition) is 1. The molecule has 0 bridgehead atoms. The Morgan fingerprint density at radius 3 is 2.50 bits per heavy atom. The smallest absolute Gasteiger partial charge is 0.273 e. The van der Waals surface area contributed by atoms with Gasteiger partial charge in [0.05, 0.1) is 5.69 Å². The van der Waals surface area contributed by atoms with Crippen molar-refractivity contribution < 1.29 is 14.4 Å². The minimum Gasteiger partial charge on any atom is -0.273 e. The van der Waals surface area contributed by atoms with Crippen molar-refractivity contribution in [1.29, 1.82) is 0 Å². The number of rotatable bonds is 2. The lowest BCUT2D eigenvalue weighted by molar-refractivity contribution is -0.122. The highest BCUT2D eigenvalue weighted by molar-refractivity contribution is 7.11. The first kappa shape index (κ1) is 16.4. The Morgan fingerprint density at radius 2 is 1.88 bits per heavy atom. The molecule has 122 valence electrons. The van der Waals surface area contributed by atoms with Crippen LogP contribution in [-0.2, 0) is 9.59 Å². The number of aryl methyl sites for hydroxylation is 2. The largest absolute Gasteiger partial charge is 0.335 e. The average Bonchev–Trinajstić information content (AvgIpc) is 2.92. The Morgan fingerprint density at radius 1 is 1.12 bits per heavy atom. The molecule has 2 heterocycles. The van der Waals surface area contributed by atoms with Crippen molar-refractivity contribution in [3.8, 4) is 0 Å². The molecule has 0 radical (unpaired) electrons. The lowest BCUT2D eigenvalue weighted by atomic mass is 10.1. The van der Waals surface area contributed by atoms with Gasteiger partial charge in [0.1, 0.15) is 5.57 Å². The van der Waals surface area contributed by atoms with Crippen LogP contribution in [0.3, 0.4) is 0 Å². The van der Waals surface area contributed by atoms with E-state index in [1.807, 2.05) is 25.3 Å². The molecule has 1 aromatic carbocycles. The SMILES string of the molecule is Cc1ccc(N2C(=O)NC(=O)/C(=C/c3sccc3C)C2=O)cc1Cl. The van der Waals surface area contributed by atoms with Crippen molar-refractivity contribution in [2.75, 3.05) is 4.90 Å². The van der Waals surface area contributed by atoms with Gasteiger partial charge in [-0.05, 0) is 54.6 Å². The van der Waals surface area contributed by atoms with Gasteiger partial charge in [0.15, 0.2) is 0 Å². The van der Waals surface area contributed by atoms with E-state index in [0.29, 0.717) is 10.7 Å². The lowest BCUT2D eigenvalue weighted by Gasteiger charge is -2.26. The molecular formula is C17H13ClN2O3S. The van der Waals surface area contributed by atoms with Gasteiger partial charge in [-0.15, -0.1) is 11.3 Å². The summed E-state index contributed by atoms with van der Waals surface area (Å²) < 4.78 is 0. The molecule has 0 aliphatic carbocycles. The van der Waals surface area contributed by atoms with E-state index in [9.17, 15) is 14.4 Å². The molecule has 0 atom stereocenters. The number of amides is 4. The zero-order valence-electron chi connectivity index (χ0n) is 12.9. The minimum atomic E-state index is -0.787. The highest BCUT2D eigenvalue weighted by Crippen LogP contribution is 2.27. The fraction of sp³-hybridized carbons (Fsp3) is 0.118. The van der Waals surface area contributed by atoms with Crippen LogP contribution in [0.4, 0.5) is 10.5 Å². The number of carbonyl (C=O) groups is 3. The topological polar surface area (TPSA) is 66.5 Å².